The van der Waals surface area contributed by atoms with Gasteiger partial charge >= 0.3 is 7.47 Å². The topological polar surface area (TPSA) is 57.5 Å². The SMILES string of the molecule is COc1ccc(/C=C/C(=O)c2c(OB(F)F)c3ccccc3n(C)c2=O)cc1. The second-order valence-corrected chi connectivity index (χ2v) is 5.93. The van der Waals surface area contributed by atoms with Crippen LogP contribution in [-0.4, -0.2) is 24.9 Å². The lowest BCUT2D eigenvalue weighted by atomic mass is 10.0. The van der Waals surface area contributed by atoms with Crippen molar-refractivity contribution in [2.45, 2.75) is 0 Å². The number of hydrogen-bond donors (Lipinski definition) is 0. The molecule has 0 aliphatic carbocycles. The molecular weight excluding hydrogens is 367 g/mol. The summed E-state index contributed by atoms with van der Waals surface area (Å²) in [5, 5.41) is 0.256. The zero-order valence-electron chi connectivity index (χ0n) is 15.2. The lowest BCUT2D eigenvalue weighted by Crippen LogP contribution is -2.26. The van der Waals surface area contributed by atoms with E-state index in [9.17, 15) is 18.2 Å². The van der Waals surface area contributed by atoms with Crippen LogP contribution in [0.25, 0.3) is 17.0 Å². The number of fused-ring (bicyclic) bond motifs is 1. The molecule has 8 heteroatoms. The summed E-state index contributed by atoms with van der Waals surface area (Å²) in [7, 11) is -0.164. The molecule has 0 spiro atoms. The number of ether oxygens (including phenoxy) is 1. The minimum atomic E-state index is -3.17. The van der Waals surface area contributed by atoms with E-state index in [2.05, 4.69) is 4.65 Å². The summed E-state index contributed by atoms with van der Waals surface area (Å²) in [5.41, 5.74) is -0.0769. The third-order valence-electron chi connectivity index (χ3n) is 4.25. The van der Waals surface area contributed by atoms with Crippen molar-refractivity contribution >= 4 is 30.2 Å². The van der Waals surface area contributed by atoms with Gasteiger partial charge in [-0.05, 0) is 35.9 Å². The highest BCUT2D eigenvalue weighted by atomic mass is 19.2. The Morgan fingerprint density at radius 1 is 1.11 bits per heavy atom. The summed E-state index contributed by atoms with van der Waals surface area (Å²) in [6.07, 6.45) is 2.65. The van der Waals surface area contributed by atoms with Gasteiger partial charge in [0.05, 0.1) is 12.6 Å². The molecule has 5 nitrogen and oxygen atoms in total. The molecule has 0 unspecified atom stereocenters. The largest absolute Gasteiger partial charge is 0.796 e. The number of carbonyl (C=O) groups excluding carboxylic acids is 1. The van der Waals surface area contributed by atoms with Crippen molar-refractivity contribution in [3.63, 3.8) is 0 Å². The van der Waals surface area contributed by atoms with E-state index in [0.29, 0.717) is 16.8 Å². The zero-order valence-corrected chi connectivity index (χ0v) is 15.2. The molecule has 3 rings (SSSR count). The molecule has 28 heavy (non-hydrogen) atoms. The van der Waals surface area contributed by atoms with Crippen molar-refractivity contribution in [1.82, 2.24) is 4.57 Å². The number of nitrogens with zero attached hydrogens (tertiary/aromatic N) is 1. The summed E-state index contributed by atoms with van der Waals surface area (Å²) < 4.78 is 36.8. The van der Waals surface area contributed by atoms with Gasteiger partial charge in [0.2, 0.25) is 0 Å². The Balaban J connectivity index is 2.09. The number of para-hydroxylation sites is 1. The molecule has 0 aliphatic rings. The number of aromatic nitrogens is 1. The second kappa shape index (κ2) is 8.08. The van der Waals surface area contributed by atoms with Crippen molar-refractivity contribution in [3.05, 3.63) is 76.1 Å². The first-order valence-electron chi connectivity index (χ1n) is 8.35. The first-order valence-corrected chi connectivity index (χ1v) is 8.35. The fraction of sp³-hybridized carbons (Fsp3) is 0.100. The molecule has 0 bridgehead atoms. The van der Waals surface area contributed by atoms with E-state index in [1.54, 1.807) is 42.5 Å². The molecule has 2 aromatic carbocycles. The third-order valence-corrected chi connectivity index (χ3v) is 4.25. The number of hydrogen-bond acceptors (Lipinski definition) is 4. The van der Waals surface area contributed by atoms with Crippen molar-refractivity contribution in [3.8, 4) is 11.5 Å². The fourth-order valence-corrected chi connectivity index (χ4v) is 2.87. The van der Waals surface area contributed by atoms with Gasteiger partial charge in [0.15, 0.2) is 5.78 Å². The third kappa shape index (κ3) is 3.81. The maximum Gasteiger partial charge on any atom is 0.796 e. The van der Waals surface area contributed by atoms with E-state index in [1.807, 2.05) is 0 Å². The Hall–Kier alpha value is -3.42. The van der Waals surface area contributed by atoms with E-state index in [1.165, 1.54) is 30.9 Å². The number of carbonyl (C=O) groups is 1. The number of pyridine rings is 1. The van der Waals surface area contributed by atoms with E-state index in [-0.39, 0.29) is 5.39 Å². The second-order valence-electron chi connectivity index (χ2n) is 5.93. The lowest BCUT2D eigenvalue weighted by Gasteiger charge is -2.14. The van der Waals surface area contributed by atoms with Crippen LogP contribution >= 0.6 is 0 Å². The molecule has 0 saturated heterocycles. The van der Waals surface area contributed by atoms with Gasteiger partial charge in [0.1, 0.15) is 17.1 Å². The summed E-state index contributed by atoms with van der Waals surface area (Å²) >= 11 is 0. The molecule has 0 N–H and O–H groups in total. The minimum absolute atomic E-state index is 0.256. The number of halogens is 2. The van der Waals surface area contributed by atoms with Gasteiger partial charge in [-0.2, -0.15) is 0 Å². The molecule has 0 fully saturated rings. The van der Waals surface area contributed by atoms with Crippen LogP contribution in [0.1, 0.15) is 15.9 Å². The highest BCUT2D eigenvalue weighted by molar-refractivity contribution is 6.36. The molecule has 0 saturated carbocycles. The molecule has 1 aromatic heterocycles. The van der Waals surface area contributed by atoms with Crippen molar-refractivity contribution < 1.29 is 22.8 Å². The zero-order chi connectivity index (χ0) is 20.3. The maximum atomic E-state index is 13.0. The van der Waals surface area contributed by atoms with Crippen LogP contribution < -0.4 is 15.0 Å². The first-order chi connectivity index (χ1) is 13.4. The highest BCUT2D eigenvalue weighted by Gasteiger charge is 2.27. The molecule has 0 amide bonds. The molecule has 0 aliphatic heterocycles. The monoisotopic (exact) mass is 383 g/mol. The lowest BCUT2D eigenvalue weighted by molar-refractivity contribution is 0.104. The van der Waals surface area contributed by atoms with E-state index < -0.39 is 30.1 Å². The average molecular weight is 383 g/mol. The van der Waals surface area contributed by atoms with Gasteiger partial charge in [-0.3, -0.25) is 9.59 Å². The minimum Gasteiger partial charge on any atom is -0.504 e. The van der Waals surface area contributed by atoms with Gasteiger partial charge in [-0.15, -0.1) is 0 Å². The van der Waals surface area contributed by atoms with Crippen LogP contribution in [0.3, 0.4) is 0 Å². The maximum absolute atomic E-state index is 13.0. The molecule has 3 aromatic rings. The molecule has 142 valence electrons. The number of rotatable bonds is 6. The van der Waals surface area contributed by atoms with Crippen molar-refractivity contribution in [1.29, 1.82) is 0 Å². The number of benzene rings is 2. The Kier molecular flexibility index (Phi) is 5.58. The number of aryl methyl sites for hydroxylation is 1. The molecular formula is C20H16BF2NO4. The van der Waals surface area contributed by atoms with E-state index in [0.717, 1.165) is 6.08 Å². The number of allylic oxidation sites excluding steroid dienone is 1. The Morgan fingerprint density at radius 3 is 2.43 bits per heavy atom. The summed E-state index contributed by atoms with van der Waals surface area (Å²) in [6.45, 7) is 0. The normalized spacial score (nSPS) is 11.0. The van der Waals surface area contributed by atoms with Crippen molar-refractivity contribution in [2.75, 3.05) is 7.11 Å². The van der Waals surface area contributed by atoms with Crippen LogP contribution in [0, 0.1) is 0 Å². The number of ketones is 1. The van der Waals surface area contributed by atoms with E-state index in [4.69, 9.17) is 4.74 Å². The van der Waals surface area contributed by atoms with Crippen molar-refractivity contribution in [2.24, 2.45) is 7.05 Å². The van der Waals surface area contributed by atoms with Crippen LogP contribution in [-0.2, 0) is 7.05 Å². The van der Waals surface area contributed by atoms with Gasteiger partial charge in [-0.1, -0.05) is 30.3 Å². The van der Waals surface area contributed by atoms with Gasteiger partial charge in [0.25, 0.3) is 5.56 Å². The number of methoxy groups -OCH3 is 1. The predicted molar refractivity (Wildman–Crippen MR) is 104 cm³/mol. The highest BCUT2D eigenvalue weighted by Crippen LogP contribution is 2.29. The Labute approximate surface area is 160 Å². The molecule has 1 heterocycles. The summed E-state index contributed by atoms with van der Waals surface area (Å²) in [6, 6.07) is 13.3. The summed E-state index contributed by atoms with van der Waals surface area (Å²) in [5.74, 6) is -0.490. The fourth-order valence-electron chi connectivity index (χ4n) is 2.87. The standard InChI is InChI=1S/C20H16BF2NO4/c1-24-16-6-4-3-5-15(16)19(28-21(22)23)18(20(24)26)17(25)12-9-13-7-10-14(27-2)11-8-13/h3-12H,1-2H3/b12-9+. The van der Waals surface area contributed by atoms with Crippen LogP contribution in [0.15, 0.2) is 59.4 Å². The Bertz CT molecular complexity index is 1110. The summed E-state index contributed by atoms with van der Waals surface area (Å²) in [4.78, 5) is 25.4. The van der Waals surface area contributed by atoms with Crippen LogP contribution in [0.2, 0.25) is 0 Å². The van der Waals surface area contributed by atoms with E-state index >= 15 is 0 Å². The van der Waals surface area contributed by atoms with Gasteiger partial charge in [0, 0.05) is 12.4 Å². The smallest absolute Gasteiger partial charge is 0.504 e. The molecule has 0 atom stereocenters. The molecule has 0 radical (unpaired) electrons. The quantitative estimate of drug-likeness (QED) is 0.370. The van der Waals surface area contributed by atoms with Crippen LogP contribution in [0.4, 0.5) is 8.63 Å². The van der Waals surface area contributed by atoms with Crippen LogP contribution in [0.5, 0.6) is 11.5 Å². The average Bonchev–Trinajstić information content (AvgIpc) is 2.70. The van der Waals surface area contributed by atoms with Gasteiger partial charge < -0.3 is 14.0 Å². The Morgan fingerprint density at radius 2 is 1.79 bits per heavy atom. The predicted octanol–water partition coefficient (Wildman–Crippen LogP) is 3.75. The van der Waals surface area contributed by atoms with Gasteiger partial charge in [-0.25, -0.2) is 8.63 Å². The first kappa shape index (κ1) is 19.3.